The molecule has 42 heavy (non-hydrogen) atoms. The largest absolute Gasteiger partial charge is 0.417 e. The van der Waals surface area contributed by atoms with Crippen LogP contribution in [0.1, 0.15) is 41.3 Å². The molecule has 6 nitrogen and oxygen atoms in total. The maximum absolute atomic E-state index is 13.7. The van der Waals surface area contributed by atoms with Gasteiger partial charge >= 0.3 is 18.5 Å². The second kappa shape index (κ2) is 11.7. The number of likely N-dealkylation sites (tertiary alicyclic amines) is 1. The molecule has 0 saturated carbocycles. The van der Waals surface area contributed by atoms with Crippen molar-refractivity contribution in [1.82, 2.24) is 4.90 Å². The summed E-state index contributed by atoms with van der Waals surface area (Å²) in [4.78, 5) is 12.2. The van der Waals surface area contributed by atoms with Crippen LogP contribution in [0.3, 0.4) is 0 Å². The number of halogens is 9. The highest BCUT2D eigenvalue weighted by molar-refractivity contribution is 7.91. The van der Waals surface area contributed by atoms with Crippen LogP contribution >= 0.6 is 0 Å². The summed E-state index contributed by atoms with van der Waals surface area (Å²) in [7, 11) is -9.32. The van der Waals surface area contributed by atoms with Gasteiger partial charge in [-0.25, -0.2) is 16.8 Å². The Morgan fingerprint density at radius 1 is 0.833 bits per heavy atom. The third kappa shape index (κ3) is 8.17. The summed E-state index contributed by atoms with van der Waals surface area (Å²) in [5, 5.41) is 0. The van der Waals surface area contributed by atoms with Gasteiger partial charge in [-0.2, -0.15) is 39.5 Å². The lowest BCUT2D eigenvalue weighted by atomic mass is 9.86. The monoisotopic (exact) mass is 653 g/mol. The van der Waals surface area contributed by atoms with E-state index in [0.29, 0.717) is 18.2 Å². The molecule has 0 spiro atoms. The second-order valence-corrected chi connectivity index (χ2v) is 14.0. The molecule has 1 heterocycles. The van der Waals surface area contributed by atoms with Gasteiger partial charge < -0.3 is 4.90 Å². The minimum Gasteiger partial charge on any atom is -0.339 e. The minimum atomic E-state index is -5.28. The molecule has 234 valence electrons. The smallest absolute Gasteiger partial charge is 0.339 e. The topological polar surface area (TPSA) is 88.6 Å². The van der Waals surface area contributed by atoms with Gasteiger partial charge in [-0.05, 0) is 61.1 Å². The number of rotatable bonds is 7. The number of hydrogen-bond acceptors (Lipinski definition) is 5. The maximum atomic E-state index is 13.7. The first-order valence-corrected chi connectivity index (χ1v) is 15.5. The number of nitrogens with zero attached hydrogens (tertiary/aromatic N) is 1. The molecular weight excluding hydrogens is 629 g/mol. The van der Waals surface area contributed by atoms with Crippen molar-refractivity contribution in [2.24, 2.45) is 11.8 Å². The van der Waals surface area contributed by atoms with E-state index in [9.17, 15) is 61.1 Å². The van der Waals surface area contributed by atoms with Crippen molar-refractivity contribution < 1.29 is 61.1 Å². The third-order valence-corrected chi connectivity index (χ3v) is 10.5. The van der Waals surface area contributed by atoms with Crippen LogP contribution in [0.5, 0.6) is 0 Å². The van der Waals surface area contributed by atoms with Gasteiger partial charge in [0.2, 0.25) is 0 Å². The molecule has 1 aliphatic rings. The number of carbonyl (C=O) groups excluding carboxylic acids is 1. The molecule has 0 bridgehead atoms. The Bertz CT molecular complexity index is 1520. The Morgan fingerprint density at radius 2 is 1.40 bits per heavy atom. The number of hydrogen-bond donors (Lipinski definition) is 0. The van der Waals surface area contributed by atoms with Crippen molar-refractivity contribution in [3.8, 4) is 0 Å². The summed E-state index contributed by atoms with van der Waals surface area (Å²) in [5.74, 6) is -5.00. The Hall–Kier alpha value is -2.82. The third-order valence-electron chi connectivity index (χ3n) is 6.87. The standard InChI is InChI=1S/C25H24F9NO5S2/c1-15(13-41(37,38)18-4-2-3-17(11-18)24(29,30)31)16-7-9-35(10-8-16)22(36)20-6-5-19(12-21(20)25(32,33)34)42(39,40)14-23(26,27)28/h2-6,11-12,15-16H,7-10,13-14H2,1H3. The number of sulfone groups is 2. The van der Waals surface area contributed by atoms with Crippen molar-refractivity contribution >= 4 is 25.6 Å². The molecule has 1 atom stereocenters. The van der Waals surface area contributed by atoms with Crippen LogP contribution in [0.4, 0.5) is 39.5 Å². The first kappa shape index (κ1) is 33.7. The lowest BCUT2D eigenvalue weighted by Gasteiger charge is -2.35. The quantitative estimate of drug-likeness (QED) is 0.341. The molecule has 1 aliphatic heterocycles. The first-order valence-electron chi connectivity index (χ1n) is 12.2. The van der Waals surface area contributed by atoms with Crippen molar-refractivity contribution in [2.75, 3.05) is 24.6 Å². The first-order chi connectivity index (χ1) is 19.0. The molecule has 17 heteroatoms. The van der Waals surface area contributed by atoms with E-state index >= 15 is 0 Å². The van der Waals surface area contributed by atoms with Crippen LogP contribution in [0, 0.1) is 11.8 Å². The van der Waals surface area contributed by atoms with Crippen LogP contribution < -0.4 is 0 Å². The summed E-state index contributed by atoms with van der Waals surface area (Å²) in [6.45, 7) is 1.31. The Morgan fingerprint density at radius 3 is 1.93 bits per heavy atom. The van der Waals surface area contributed by atoms with E-state index in [1.807, 2.05) is 0 Å². The highest BCUT2D eigenvalue weighted by Crippen LogP contribution is 2.37. The fourth-order valence-corrected chi connectivity index (χ4v) is 7.64. The highest BCUT2D eigenvalue weighted by Gasteiger charge is 2.41. The number of piperidine rings is 1. The molecular formula is C25H24F9NO5S2. The average molecular weight is 654 g/mol. The van der Waals surface area contributed by atoms with Crippen LogP contribution in [-0.2, 0) is 32.0 Å². The van der Waals surface area contributed by atoms with E-state index in [1.54, 1.807) is 6.92 Å². The lowest BCUT2D eigenvalue weighted by Crippen LogP contribution is -2.41. The molecule has 1 amide bonds. The minimum absolute atomic E-state index is 0.0121. The number of carbonyl (C=O) groups is 1. The zero-order valence-electron chi connectivity index (χ0n) is 21.6. The van der Waals surface area contributed by atoms with E-state index in [2.05, 4.69) is 0 Å². The molecule has 0 N–H and O–H groups in total. The molecule has 2 aromatic rings. The molecule has 1 saturated heterocycles. The van der Waals surface area contributed by atoms with Gasteiger partial charge in [0.05, 0.1) is 32.2 Å². The molecule has 1 fully saturated rings. The number of benzene rings is 2. The van der Waals surface area contributed by atoms with Gasteiger partial charge in [0.25, 0.3) is 5.91 Å². The number of alkyl halides is 9. The van der Waals surface area contributed by atoms with Crippen molar-refractivity contribution in [1.29, 1.82) is 0 Å². The molecule has 1 unspecified atom stereocenters. The average Bonchev–Trinajstić information content (AvgIpc) is 2.85. The van der Waals surface area contributed by atoms with Gasteiger partial charge in [-0.15, -0.1) is 0 Å². The van der Waals surface area contributed by atoms with Crippen LogP contribution in [-0.4, -0.2) is 58.4 Å². The predicted octanol–water partition coefficient (Wildman–Crippen LogP) is 6.02. The number of amides is 1. The van der Waals surface area contributed by atoms with Crippen LogP contribution in [0.25, 0.3) is 0 Å². The molecule has 0 radical (unpaired) electrons. The normalized spacial score (nSPS) is 16.9. The molecule has 0 aliphatic carbocycles. The van der Waals surface area contributed by atoms with Crippen molar-refractivity contribution in [2.45, 2.75) is 48.1 Å². The van der Waals surface area contributed by atoms with Gasteiger partial charge in [-0.3, -0.25) is 4.79 Å². The zero-order chi connectivity index (χ0) is 31.9. The van der Waals surface area contributed by atoms with E-state index in [4.69, 9.17) is 0 Å². The fraction of sp³-hybridized carbons (Fsp3) is 0.480. The Labute approximate surface area is 235 Å². The van der Waals surface area contributed by atoms with Crippen molar-refractivity contribution in [3.63, 3.8) is 0 Å². The molecule has 0 aromatic heterocycles. The fourth-order valence-electron chi connectivity index (χ4n) is 4.72. The summed E-state index contributed by atoms with van der Waals surface area (Å²) in [6, 6.07) is 4.26. The lowest BCUT2D eigenvalue weighted by molar-refractivity contribution is -0.138. The van der Waals surface area contributed by atoms with Gasteiger partial charge in [0.15, 0.2) is 25.4 Å². The van der Waals surface area contributed by atoms with E-state index in [-0.39, 0.29) is 37.9 Å². The highest BCUT2D eigenvalue weighted by atomic mass is 32.2. The summed E-state index contributed by atoms with van der Waals surface area (Å²) in [5.41, 5.74) is -3.82. The predicted molar refractivity (Wildman–Crippen MR) is 131 cm³/mol. The maximum Gasteiger partial charge on any atom is 0.417 e. The van der Waals surface area contributed by atoms with E-state index in [1.165, 1.54) is 0 Å². The molecule has 3 rings (SSSR count). The second-order valence-electron chi connectivity index (χ2n) is 9.99. The molecule has 2 aromatic carbocycles. The summed E-state index contributed by atoms with van der Waals surface area (Å²) < 4.78 is 168. The Balaban J connectivity index is 1.74. The van der Waals surface area contributed by atoms with Gasteiger partial charge in [-0.1, -0.05) is 13.0 Å². The van der Waals surface area contributed by atoms with Gasteiger partial charge in [0, 0.05) is 13.1 Å². The van der Waals surface area contributed by atoms with Gasteiger partial charge in [0.1, 0.15) is 0 Å². The van der Waals surface area contributed by atoms with Crippen LogP contribution in [0.15, 0.2) is 52.3 Å². The summed E-state index contributed by atoms with van der Waals surface area (Å²) in [6.07, 6.45) is -15.0. The summed E-state index contributed by atoms with van der Waals surface area (Å²) >= 11 is 0. The van der Waals surface area contributed by atoms with E-state index < -0.39 is 88.0 Å². The SMILES string of the molecule is CC(CS(=O)(=O)c1cccc(C(F)(F)F)c1)C1CCN(C(=O)c2ccc(S(=O)(=O)CC(F)(F)F)cc2C(F)(F)F)CC1. The Kier molecular flexibility index (Phi) is 9.38. The zero-order valence-corrected chi connectivity index (χ0v) is 23.3. The van der Waals surface area contributed by atoms with Crippen LogP contribution in [0.2, 0.25) is 0 Å². The van der Waals surface area contributed by atoms with E-state index in [0.717, 1.165) is 23.1 Å². The van der Waals surface area contributed by atoms with Crippen molar-refractivity contribution in [3.05, 3.63) is 59.2 Å².